The summed E-state index contributed by atoms with van der Waals surface area (Å²) in [6, 6.07) is 9.59. The second-order valence-electron chi connectivity index (χ2n) is 6.71. The molecule has 0 saturated heterocycles. The van der Waals surface area contributed by atoms with Crippen LogP contribution in [-0.2, 0) is 14.8 Å². The minimum Gasteiger partial charge on any atom is -0.365 e. The molecule has 0 radical (unpaired) electrons. The van der Waals surface area contributed by atoms with E-state index in [1.165, 1.54) is 30.3 Å². The summed E-state index contributed by atoms with van der Waals surface area (Å²) in [5.41, 5.74) is 5.57. The summed E-state index contributed by atoms with van der Waals surface area (Å²) in [7, 11) is -4.09. The molecule has 0 bridgehead atoms. The highest BCUT2D eigenvalue weighted by Gasteiger charge is 2.18. The number of hydrogen-bond acceptors (Lipinski definition) is 8. The molecule has 3 aromatic rings. The first-order valence-corrected chi connectivity index (χ1v) is 11.0. The van der Waals surface area contributed by atoms with E-state index in [0.29, 0.717) is 5.69 Å². The number of carbonyl (C=O) groups excluding carboxylic acids is 2. The van der Waals surface area contributed by atoms with Crippen LogP contribution in [0.4, 0.5) is 33.2 Å². The lowest BCUT2D eigenvalue weighted by Crippen LogP contribution is -2.18. The molecule has 0 aliphatic carbocycles. The molecular weight excluding hydrogens is 453 g/mol. The van der Waals surface area contributed by atoms with Crippen molar-refractivity contribution < 1.29 is 22.4 Å². The van der Waals surface area contributed by atoms with Gasteiger partial charge in [-0.15, -0.1) is 0 Å². The van der Waals surface area contributed by atoms with E-state index in [0.717, 1.165) is 12.3 Å². The van der Waals surface area contributed by atoms with E-state index in [2.05, 4.69) is 25.9 Å². The van der Waals surface area contributed by atoms with Crippen molar-refractivity contribution in [2.75, 3.05) is 16.0 Å². The van der Waals surface area contributed by atoms with Crippen LogP contribution in [0.3, 0.4) is 0 Å². The molecule has 33 heavy (non-hydrogen) atoms. The van der Waals surface area contributed by atoms with E-state index in [1.54, 1.807) is 13.0 Å². The van der Waals surface area contributed by atoms with Gasteiger partial charge in [0.2, 0.25) is 21.9 Å². The standard InChI is InChI=1S/C20H20FN7O4S/c1-2-17(29)25-11-7-8-13(21)15(9-11)27-20-24-10-12(18(22)30)19(28-20)26-14-5-3-4-6-16(14)33(23,31)32/h3-10H,2H2,1H3,(H2,22,30)(H,25,29)(H2,23,31,32)(H2,24,26,27,28). The van der Waals surface area contributed by atoms with Gasteiger partial charge in [-0.05, 0) is 30.3 Å². The summed E-state index contributed by atoms with van der Waals surface area (Å²) in [5, 5.41) is 13.2. The van der Waals surface area contributed by atoms with E-state index in [-0.39, 0.29) is 45.9 Å². The lowest BCUT2D eigenvalue weighted by atomic mass is 10.2. The van der Waals surface area contributed by atoms with Crippen molar-refractivity contribution >= 4 is 50.7 Å². The fraction of sp³-hybridized carbons (Fsp3) is 0.100. The van der Waals surface area contributed by atoms with Crippen molar-refractivity contribution in [1.82, 2.24) is 9.97 Å². The third-order valence-corrected chi connectivity index (χ3v) is 5.29. The average molecular weight is 473 g/mol. The van der Waals surface area contributed by atoms with Crippen LogP contribution in [0.15, 0.2) is 53.6 Å². The van der Waals surface area contributed by atoms with Crippen molar-refractivity contribution in [2.24, 2.45) is 10.9 Å². The molecule has 0 aliphatic rings. The Balaban J connectivity index is 1.98. The Hall–Kier alpha value is -4.10. The maximum atomic E-state index is 14.3. The van der Waals surface area contributed by atoms with Crippen LogP contribution in [-0.4, -0.2) is 30.2 Å². The molecule has 0 spiro atoms. The molecule has 13 heteroatoms. The lowest BCUT2D eigenvalue weighted by molar-refractivity contribution is -0.115. The highest BCUT2D eigenvalue weighted by Crippen LogP contribution is 2.27. The summed E-state index contributed by atoms with van der Waals surface area (Å²) < 4.78 is 38.0. The number of carbonyl (C=O) groups is 2. The number of primary sulfonamides is 1. The van der Waals surface area contributed by atoms with Gasteiger partial charge in [0.05, 0.1) is 11.4 Å². The van der Waals surface area contributed by atoms with Gasteiger partial charge in [-0.2, -0.15) is 4.98 Å². The number of sulfonamides is 1. The second kappa shape index (κ2) is 9.58. The maximum Gasteiger partial charge on any atom is 0.254 e. The Kier molecular flexibility index (Phi) is 6.84. The summed E-state index contributed by atoms with van der Waals surface area (Å²) in [6.45, 7) is 1.68. The number of hydrogen-bond donors (Lipinski definition) is 5. The third kappa shape index (κ3) is 5.78. The number of rotatable bonds is 8. The van der Waals surface area contributed by atoms with Crippen LogP contribution in [0.25, 0.3) is 0 Å². The Morgan fingerprint density at radius 1 is 1.09 bits per heavy atom. The van der Waals surface area contributed by atoms with Crippen LogP contribution in [0.1, 0.15) is 23.7 Å². The highest BCUT2D eigenvalue weighted by atomic mass is 32.2. The van der Waals surface area contributed by atoms with Gasteiger partial charge in [-0.1, -0.05) is 19.1 Å². The summed E-state index contributed by atoms with van der Waals surface area (Å²) in [6.07, 6.45) is 1.34. The third-order valence-electron chi connectivity index (χ3n) is 4.32. The maximum absolute atomic E-state index is 14.3. The molecule has 0 atom stereocenters. The number of benzene rings is 2. The first-order chi connectivity index (χ1) is 15.6. The molecule has 0 unspecified atom stereocenters. The van der Waals surface area contributed by atoms with Crippen LogP contribution in [0.5, 0.6) is 0 Å². The fourth-order valence-electron chi connectivity index (χ4n) is 2.73. The highest BCUT2D eigenvalue weighted by molar-refractivity contribution is 7.89. The zero-order chi connectivity index (χ0) is 24.2. The molecule has 11 nitrogen and oxygen atoms in total. The SMILES string of the molecule is CCC(=O)Nc1ccc(F)c(Nc2ncc(C(N)=O)c(Nc3ccccc3S(N)(=O)=O)n2)c1. The predicted molar refractivity (Wildman–Crippen MR) is 120 cm³/mol. The van der Waals surface area contributed by atoms with Crippen molar-refractivity contribution in [2.45, 2.75) is 18.2 Å². The summed E-state index contributed by atoms with van der Waals surface area (Å²) in [5.74, 6) is -2.05. The van der Waals surface area contributed by atoms with Gasteiger partial charge in [0.15, 0.2) is 0 Å². The Morgan fingerprint density at radius 2 is 1.82 bits per heavy atom. The Bertz CT molecular complexity index is 1330. The summed E-state index contributed by atoms with van der Waals surface area (Å²) in [4.78, 5) is 31.3. The molecular formula is C20H20FN7O4S. The Labute approximate surface area is 188 Å². The normalized spacial score (nSPS) is 11.0. The minimum atomic E-state index is -4.09. The number of aromatic nitrogens is 2. The van der Waals surface area contributed by atoms with E-state index in [1.807, 2.05) is 0 Å². The van der Waals surface area contributed by atoms with Crippen molar-refractivity contribution in [3.05, 3.63) is 60.0 Å². The van der Waals surface area contributed by atoms with Crippen molar-refractivity contribution in [1.29, 1.82) is 0 Å². The van der Waals surface area contributed by atoms with Crippen LogP contribution in [0, 0.1) is 5.82 Å². The minimum absolute atomic E-state index is 0.0441. The van der Waals surface area contributed by atoms with Gasteiger partial charge in [0.25, 0.3) is 5.91 Å². The smallest absolute Gasteiger partial charge is 0.254 e. The topological polar surface area (TPSA) is 182 Å². The molecule has 2 aromatic carbocycles. The van der Waals surface area contributed by atoms with Gasteiger partial charge < -0.3 is 21.7 Å². The molecule has 0 saturated carbocycles. The van der Waals surface area contributed by atoms with Crippen molar-refractivity contribution in [3.8, 4) is 0 Å². The first kappa shape index (κ1) is 23.6. The molecule has 1 aromatic heterocycles. The second-order valence-corrected chi connectivity index (χ2v) is 8.24. The molecule has 0 fully saturated rings. The van der Waals surface area contributed by atoms with Gasteiger partial charge in [0, 0.05) is 18.3 Å². The van der Waals surface area contributed by atoms with E-state index >= 15 is 0 Å². The first-order valence-electron chi connectivity index (χ1n) is 9.50. The molecule has 172 valence electrons. The van der Waals surface area contributed by atoms with E-state index in [4.69, 9.17) is 10.9 Å². The number of nitrogens with two attached hydrogens (primary N) is 2. The number of amides is 2. The predicted octanol–water partition coefficient (Wildman–Crippen LogP) is 2.20. The Morgan fingerprint density at radius 3 is 2.48 bits per heavy atom. The van der Waals surface area contributed by atoms with Gasteiger partial charge in [-0.3, -0.25) is 9.59 Å². The van der Waals surface area contributed by atoms with Crippen molar-refractivity contribution in [3.63, 3.8) is 0 Å². The van der Waals surface area contributed by atoms with Crippen LogP contribution in [0.2, 0.25) is 0 Å². The average Bonchev–Trinajstić information content (AvgIpc) is 2.75. The largest absolute Gasteiger partial charge is 0.365 e. The molecule has 2 amide bonds. The molecule has 7 N–H and O–H groups in total. The van der Waals surface area contributed by atoms with E-state index in [9.17, 15) is 22.4 Å². The van der Waals surface area contributed by atoms with E-state index < -0.39 is 21.7 Å². The van der Waals surface area contributed by atoms with Gasteiger partial charge >= 0.3 is 0 Å². The number of para-hydroxylation sites is 1. The molecule has 1 heterocycles. The monoisotopic (exact) mass is 473 g/mol. The zero-order valence-corrected chi connectivity index (χ0v) is 18.1. The molecule has 0 aliphatic heterocycles. The number of anilines is 5. The van der Waals surface area contributed by atoms with Gasteiger partial charge in [0.1, 0.15) is 22.1 Å². The quantitative estimate of drug-likeness (QED) is 0.330. The van der Waals surface area contributed by atoms with Crippen LogP contribution < -0.4 is 26.8 Å². The number of primary amides is 1. The fourth-order valence-corrected chi connectivity index (χ4v) is 3.43. The lowest BCUT2D eigenvalue weighted by Gasteiger charge is -2.14. The van der Waals surface area contributed by atoms with Crippen LogP contribution >= 0.6 is 0 Å². The summed E-state index contributed by atoms with van der Waals surface area (Å²) >= 11 is 0. The number of nitrogens with zero attached hydrogens (tertiary/aromatic N) is 2. The number of halogens is 1. The zero-order valence-electron chi connectivity index (χ0n) is 17.3. The number of nitrogens with one attached hydrogen (secondary N) is 3. The van der Waals surface area contributed by atoms with Gasteiger partial charge in [-0.25, -0.2) is 22.9 Å². The molecule has 3 rings (SSSR count).